The van der Waals surface area contributed by atoms with Crippen molar-refractivity contribution in [1.29, 1.82) is 0 Å². The molecule has 1 aliphatic heterocycles. The van der Waals surface area contributed by atoms with Crippen molar-refractivity contribution in [2.75, 3.05) is 19.8 Å². The van der Waals surface area contributed by atoms with Crippen LogP contribution < -0.4 is 10.1 Å². The molecule has 1 N–H and O–H groups in total. The van der Waals surface area contributed by atoms with Crippen LogP contribution in [0.2, 0.25) is 0 Å². The Balaban J connectivity index is 1.78. The van der Waals surface area contributed by atoms with Crippen LogP contribution in [0.4, 0.5) is 4.39 Å². The van der Waals surface area contributed by atoms with Gasteiger partial charge in [0.1, 0.15) is 0 Å². The Morgan fingerprint density at radius 1 is 1.50 bits per heavy atom. The predicted molar refractivity (Wildman–Crippen MR) is 54.6 cm³/mol. The smallest absolute Gasteiger partial charge is 0.258 e. The number of ether oxygens (including phenoxy) is 2. The van der Waals surface area contributed by atoms with Crippen LogP contribution in [0, 0.1) is 5.82 Å². The van der Waals surface area contributed by atoms with Gasteiger partial charge in [-0.15, -0.1) is 0 Å². The van der Waals surface area contributed by atoms with Crippen molar-refractivity contribution >= 4 is 5.91 Å². The zero-order valence-corrected chi connectivity index (χ0v) is 8.61. The summed E-state index contributed by atoms with van der Waals surface area (Å²) in [5.74, 6) is -0.652. The molecule has 86 valence electrons. The van der Waals surface area contributed by atoms with Gasteiger partial charge in [0, 0.05) is 0 Å². The molecule has 1 aliphatic rings. The van der Waals surface area contributed by atoms with E-state index in [1.807, 2.05) is 0 Å². The topological polar surface area (TPSA) is 47.6 Å². The van der Waals surface area contributed by atoms with Gasteiger partial charge >= 0.3 is 0 Å². The second-order valence-electron chi connectivity index (χ2n) is 3.52. The minimum Gasteiger partial charge on any atom is -0.481 e. The van der Waals surface area contributed by atoms with Crippen LogP contribution >= 0.6 is 0 Å². The molecule has 0 spiro atoms. The summed E-state index contributed by atoms with van der Waals surface area (Å²) in [6.45, 7) is 0.883. The van der Waals surface area contributed by atoms with E-state index in [9.17, 15) is 9.18 Å². The van der Waals surface area contributed by atoms with Crippen LogP contribution in [0.3, 0.4) is 0 Å². The summed E-state index contributed by atoms with van der Waals surface area (Å²) >= 11 is 0. The number of carbonyl (C=O) groups is 1. The van der Waals surface area contributed by atoms with Gasteiger partial charge in [0.15, 0.2) is 18.2 Å². The van der Waals surface area contributed by atoms with Gasteiger partial charge in [0.05, 0.1) is 19.3 Å². The van der Waals surface area contributed by atoms with E-state index in [1.54, 1.807) is 12.1 Å². The Kier molecular flexibility index (Phi) is 3.36. The maximum absolute atomic E-state index is 13.1. The van der Waals surface area contributed by atoms with E-state index in [1.165, 1.54) is 12.1 Å². The molecule has 0 bridgehead atoms. The van der Waals surface area contributed by atoms with E-state index in [4.69, 9.17) is 9.47 Å². The summed E-state index contributed by atoms with van der Waals surface area (Å²) in [4.78, 5) is 11.3. The van der Waals surface area contributed by atoms with E-state index in [0.717, 1.165) is 0 Å². The summed E-state index contributed by atoms with van der Waals surface area (Å²) in [6.07, 6.45) is 0. The molecule has 5 heteroatoms. The number of hydrogen-bond donors (Lipinski definition) is 1. The zero-order valence-electron chi connectivity index (χ0n) is 8.61. The molecule has 2 rings (SSSR count). The summed E-state index contributed by atoms with van der Waals surface area (Å²) < 4.78 is 23.0. The van der Waals surface area contributed by atoms with Crippen LogP contribution in [0.15, 0.2) is 24.3 Å². The molecule has 1 fully saturated rings. The molecule has 16 heavy (non-hydrogen) atoms. The molecule has 4 nitrogen and oxygen atoms in total. The molecule has 0 unspecified atom stereocenters. The third-order valence-electron chi connectivity index (χ3n) is 2.20. The van der Waals surface area contributed by atoms with E-state index in [0.29, 0.717) is 13.2 Å². The van der Waals surface area contributed by atoms with E-state index >= 15 is 0 Å². The van der Waals surface area contributed by atoms with Crippen molar-refractivity contribution < 1.29 is 18.7 Å². The maximum atomic E-state index is 13.1. The molecule has 1 amide bonds. The fraction of sp³-hybridized carbons (Fsp3) is 0.364. The van der Waals surface area contributed by atoms with Crippen LogP contribution in [0.5, 0.6) is 5.75 Å². The van der Waals surface area contributed by atoms with E-state index < -0.39 is 5.82 Å². The lowest BCUT2D eigenvalue weighted by Gasteiger charge is -2.26. The summed E-state index contributed by atoms with van der Waals surface area (Å²) in [7, 11) is 0. The second kappa shape index (κ2) is 4.94. The molecular formula is C11H12FNO3. The van der Waals surface area contributed by atoms with E-state index in [2.05, 4.69) is 5.32 Å². The van der Waals surface area contributed by atoms with Crippen LogP contribution in [-0.2, 0) is 9.53 Å². The number of hydrogen-bond acceptors (Lipinski definition) is 3. The van der Waals surface area contributed by atoms with Gasteiger partial charge in [0.25, 0.3) is 5.91 Å². The highest BCUT2D eigenvalue weighted by atomic mass is 19.1. The van der Waals surface area contributed by atoms with Crippen LogP contribution in [0.25, 0.3) is 0 Å². The monoisotopic (exact) mass is 225 g/mol. The Morgan fingerprint density at radius 2 is 2.25 bits per heavy atom. The first kappa shape index (κ1) is 10.9. The lowest BCUT2D eigenvalue weighted by molar-refractivity contribution is -0.127. The largest absolute Gasteiger partial charge is 0.481 e. The first-order valence-electron chi connectivity index (χ1n) is 5.00. The van der Waals surface area contributed by atoms with E-state index in [-0.39, 0.29) is 24.3 Å². The third kappa shape index (κ3) is 2.70. The third-order valence-corrected chi connectivity index (χ3v) is 2.20. The minimum absolute atomic E-state index is 0.0664. The lowest BCUT2D eigenvalue weighted by atomic mass is 10.2. The Bertz CT molecular complexity index is 379. The average molecular weight is 225 g/mol. The molecule has 0 atom stereocenters. The number of nitrogens with one attached hydrogen (secondary N) is 1. The predicted octanol–water partition coefficient (Wildman–Crippen LogP) is 0.719. The Morgan fingerprint density at radius 3 is 2.88 bits per heavy atom. The molecule has 1 saturated heterocycles. The van der Waals surface area contributed by atoms with Crippen molar-refractivity contribution in [2.24, 2.45) is 0 Å². The summed E-state index contributed by atoms with van der Waals surface area (Å²) in [5, 5.41) is 2.69. The number of carbonyl (C=O) groups excluding carboxylic acids is 1. The Labute approximate surface area is 92.4 Å². The molecule has 1 heterocycles. The van der Waals surface area contributed by atoms with Crippen molar-refractivity contribution in [3.05, 3.63) is 30.1 Å². The number of benzene rings is 1. The van der Waals surface area contributed by atoms with Crippen molar-refractivity contribution in [3.63, 3.8) is 0 Å². The molecule has 0 aromatic heterocycles. The fourth-order valence-corrected chi connectivity index (χ4v) is 1.29. The number of para-hydroxylation sites is 1. The maximum Gasteiger partial charge on any atom is 0.258 e. The van der Waals surface area contributed by atoms with Crippen molar-refractivity contribution in [3.8, 4) is 5.75 Å². The van der Waals surface area contributed by atoms with Gasteiger partial charge in [-0.2, -0.15) is 0 Å². The van der Waals surface area contributed by atoms with Crippen molar-refractivity contribution in [1.82, 2.24) is 5.32 Å². The SMILES string of the molecule is O=C(COc1ccccc1F)NC1COC1. The minimum atomic E-state index is -0.470. The highest BCUT2D eigenvalue weighted by Crippen LogP contribution is 2.14. The molecular weight excluding hydrogens is 213 g/mol. The first-order valence-corrected chi connectivity index (χ1v) is 5.00. The molecule has 1 aromatic rings. The number of amides is 1. The average Bonchev–Trinajstić information content (AvgIpc) is 2.22. The van der Waals surface area contributed by atoms with Gasteiger partial charge in [-0.3, -0.25) is 4.79 Å². The number of halogens is 1. The summed E-state index contributed by atoms with van der Waals surface area (Å²) in [5.41, 5.74) is 0. The molecule has 1 aromatic carbocycles. The highest BCUT2D eigenvalue weighted by molar-refractivity contribution is 5.77. The van der Waals surface area contributed by atoms with Crippen LogP contribution in [0.1, 0.15) is 0 Å². The summed E-state index contributed by atoms with van der Waals surface area (Å²) in [6, 6.07) is 6.04. The van der Waals surface area contributed by atoms with Gasteiger partial charge < -0.3 is 14.8 Å². The Hall–Kier alpha value is -1.62. The van der Waals surface area contributed by atoms with Gasteiger partial charge in [0.2, 0.25) is 0 Å². The zero-order chi connectivity index (χ0) is 11.4. The quantitative estimate of drug-likeness (QED) is 0.821. The highest BCUT2D eigenvalue weighted by Gasteiger charge is 2.20. The second-order valence-corrected chi connectivity index (χ2v) is 3.52. The lowest BCUT2D eigenvalue weighted by Crippen LogP contribution is -2.49. The molecule has 0 radical (unpaired) electrons. The number of rotatable bonds is 4. The van der Waals surface area contributed by atoms with Gasteiger partial charge in [-0.1, -0.05) is 12.1 Å². The van der Waals surface area contributed by atoms with Gasteiger partial charge in [-0.25, -0.2) is 4.39 Å². The molecule has 0 aliphatic carbocycles. The van der Waals surface area contributed by atoms with Gasteiger partial charge in [-0.05, 0) is 12.1 Å². The van der Waals surface area contributed by atoms with Crippen molar-refractivity contribution in [2.45, 2.75) is 6.04 Å². The normalized spacial score (nSPS) is 15.3. The van der Waals surface area contributed by atoms with Crippen LogP contribution in [-0.4, -0.2) is 31.8 Å². The molecule has 0 saturated carbocycles. The standard InChI is InChI=1S/C11H12FNO3/c12-9-3-1-2-4-10(9)16-7-11(14)13-8-5-15-6-8/h1-4,8H,5-7H2,(H,13,14). The first-order chi connectivity index (χ1) is 7.75. The fourth-order valence-electron chi connectivity index (χ4n) is 1.29.